The second-order valence-electron chi connectivity index (χ2n) is 4.92. The third-order valence-corrected chi connectivity index (χ3v) is 4.45. The van der Waals surface area contributed by atoms with Crippen LogP contribution in [0.2, 0.25) is 6.82 Å². The van der Waals surface area contributed by atoms with E-state index in [-0.39, 0.29) is 0 Å². The van der Waals surface area contributed by atoms with Gasteiger partial charge in [0, 0.05) is 16.6 Å². The first kappa shape index (κ1) is 14.7. The number of hydrogen-bond acceptors (Lipinski definition) is 5. The molecule has 20 heavy (non-hydrogen) atoms. The highest BCUT2D eigenvalue weighted by molar-refractivity contribution is 7.70. The van der Waals surface area contributed by atoms with Crippen molar-refractivity contribution in [3.8, 4) is 0 Å². The molecule has 1 aromatic carbocycles. The fraction of sp³-hybridized carbons (Fsp3) is 0.308. The van der Waals surface area contributed by atoms with E-state index in [0.29, 0.717) is 5.95 Å². The lowest BCUT2D eigenvalue weighted by atomic mass is 9.77. The Morgan fingerprint density at radius 3 is 2.35 bits per heavy atom. The van der Waals surface area contributed by atoms with E-state index >= 15 is 0 Å². The Kier molecular flexibility index (Phi) is 4.24. The van der Waals surface area contributed by atoms with Crippen LogP contribution in [0, 0.1) is 6.92 Å². The van der Waals surface area contributed by atoms with Gasteiger partial charge in [0.2, 0.25) is 5.95 Å². The highest BCUT2D eigenvalue weighted by atomic mass is 31.2. The van der Waals surface area contributed by atoms with Crippen LogP contribution in [0.5, 0.6) is 0 Å². The monoisotopic (exact) mass is 287 g/mol. The van der Waals surface area contributed by atoms with Crippen molar-refractivity contribution in [3.63, 3.8) is 0 Å². The quantitative estimate of drug-likeness (QED) is 0.682. The minimum absolute atomic E-state index is 0.452. The van der Waals surface area contributed by atoms with Crippen molar-refractivity contribution >= 4 is 37.0 Å². The highest BCUT2D eigenvalue weighted by Gasteiger charge is 2.10. The fourth-order valence-electron chi connectivity index (χ4n) is 1.75. The van der Waals surface area contributed by atoms with Gasteiger partial charge in [-0.05, 0) is 44.5 Å². The zero-order valence-corrected chi connectivity index (χ0v) is 13.0. The molecule has 0 fully saturated rings. The largest absolute Gasteiger partial charge is 0.323 e. The van der Waals surface area contributed by atoms with Crippen molar-refractivity contribution < 1.29 is 4.57 Å². The summed E-state index contributed by atoms with van der Waals surface area (Å²) >= 11 is 0. The van der Waals surface area contributed by atoms with E-state index in [1.165, 1.54) is 0 Å². The fourth-order valence-corrected chi connectivity index (χ4v) is 2.62. The van der Waals surface area contributed by atoms with E-state index in [9.17, 15) is 4.57 Å². The molecule has 2 rings (SSSR count). The van der Waals surface area contributed by atoms with E-state index in [4.69, 9.17) is 0 Å². The number of rotatable bonds is 4. The van der Waals surface area contributed by atoms with Gasteiger partial charge in [0.1, 0.15) is 7.14 Å². The molecule has 1 radical (unpaired) electrons. The number of nitrogens with zero attached hydrogens (tertiary/aromatic N) is 3. The van der Waals surface area contributed by atoms with Crippen LogP contribution in [0.25, 0.3) is 0 Å². The molecule has 0 saturated carbocycles. The molecule has 5 nitrogen and oxygen atoms in total. The summed E-state index contributed by atoms with van der Waals surface area (Å²) in [4.78, 5) is 4.36. The second kappa shape index (κ2) is 5.75. The molecule has 0 aliphatic rings. The van der Waals surface area contributed by atoms with Gasteiger partial charge in [-0.3, -0.25) is 0 Å². The van der Waals surface area contributed by atoms with Crippen LogP contribution in [-0.4, -0.2) is 35.8 Å². The summed E-state index contributed by atoms with van der Waals surface area (Å²) in [6, 6.07) is 7.45. The summed E-state index contributed by atoms with van der Waals surface area (Å²) in [5, 5.41) is 12.0. The van der Waals surface area contributed by atoms with Crippen molar-refractivity contribution in [1.29, 1.82) is 0 Å². The molecule has 0 saturated heterocycles. The molecule has 1 aromatic heterocycles. The van der Waals surface area contributed by atoms with Crippen LogP contribution in [-0.2, 0) is 4.57 Å². The number of benzene rings is 1. The lowest BCUT2D eigenvalue weighted by Crippen LogP contribution is -2.23. The van der Waals surface area contributed by atoms with Crippen molar-refractivity contribution in [2.24, 2.45) is 0 Å². The first-order valence-electron chi connectivity index (χ1n) is 6.33. The molecule has 2 aromatic rings. The number of aryl methyl sites for hydroxylation is 1. The summed E-state index contributed by atoms with van der Waals surface area (Å²) in [7, 11) is -0.324. The number of hydrogen-bond donors (Lipinski definition) is 1. The van der Waals surface area contributed by atoms with E-state index in [1.807, 2.05) is 45.3 Å². The van der Waals surface area contributed by atoms with E-state index < -0.39 is 7.14 Å². The van der Waals surface area contributed by atoms with Crippen LogP contribution in [0.4, 0.5) is 11.6 Å². The molecule has 0 amide bonds. The molecule has 103 valence electrons. The second-order valence-corrected chi connectivity index (χ2v) is 8.14. The van der Waals surface area contributed by atoms with Gasteiger partial charge in [0.05, 0.1) is 5.69 Å². The Bertz CT molecular complexity index is 654. The third kappa shape index (κ3) is 3.45. The van der Waals surface area contributed by atoms with Crippen LogP contribution in [0.3, 0.4) is 0 Å². The minimum Gasteiger partial charge on any atom is -0.323 e. The molecule has 0 unspecified atom stereocenters. The van der Waals surface area contributed by atoms with Crippen molar-refractivity contribution in [2.45, 2.75) is 13.7 Å². The van der Waals surface area contributed by atoms with E-state index in [2.05, 4.69) is 20.5 Å². The smallest absolute Gasteiger partial charge is 0.246 e. The molecular formula is C13H17BN4OP. The predicted molar refractivity (Wildman–Crippen MR) is 84.6 cm³/mol. The van der Waals surface area contributed by atoms with E-state index in [0.717, 1.165) is 22.3 Å². The molecule has 1 heterocycles. The SMILES string of the molecule is C[B]c1nc(Nc2ccc(P(C)(C)=O)cc2)nnc1C. The first-order chi connectivity index (χ1) is 9.40. The molecule has 0 aliphatic carbocycles. The van der Waals surface area contributed by atoms with Gasteiger partial charge >= 0.3 is 0 Å². The van der Waals surface area contributed by atoms with Crippen molar-refractivity contribution in [2.75, 3.05) is 18.6 Å². The van der Waals surface area contributed by atoms with Crippen molar-refractivity contribution in [3.05, 3.63) is 30.0 Å². The van der Waals surface area contributed by atoms with Crippen molar-refractivity contribution in [1.82, 2.24) is 15.2 Å². The topological polar surface area (TPSA) is 67.8 Å². The van der Waals surface area contributed by atoms with Crippen LogP contribution >= 0.6 is 7.14 Å². The Labute approximate surface area is 119 Å². The Morgan fingerprint density at radius 1 is 1.15 bits per heavy atom. The zero-order valence-electron chi connectivity index (χ0n) is 12.1. The Balaban J connectivity index is 2.20. The number of nitrogens with one attached hydrogen (secondary N) is 1. The summed E-state index contributed by atoms with van der Waals surface area (Å²) < 4.78 is 11.9. The Morgan fingerprint density at radius 2 is 1.80 bits per heavy atom. The summed E-state index contributed by atoms with van der Waals surface area (Å²) in [5.74, 6) is 0.452. The summed E-state index contributed by atoms with van der Waals surface area (Å²) in [6.07, 6.45) is 0. The van der Waals surface area contributed by atoms with Gasteiger partial charge in [-0.15, -0.1) is 5.10 Å². The first-order valence-corrected chi connectivity index (χ1v) is 8.93. The molecular weight excluding hydrogens is 270 g/mol. The van der Waals surface area contributed by atoms with Crippen LogP contribution < -0.4 is 16.2 Å². The lowest BCUT2D eigenvalue weighted by Gasteiger charge is -2.09. The van der Waals surface area contributed by atoms with Gasteiger partial charge in [-0.2, -0.15) is 5.10 Å². The van der Waals surface area contributed by atoms with Gasteiger partial charge in [-0.1, -0.05) is 6.82 Å². The molecule has 7 heteroatoms. The van der Waals surface area contributed by atoms with Gasteiger partial charge in [0.25, 0.3) is 0 Å². The molecule has 0 spiro atoms. The standard InChI is InChI=1S/C13H17BN4OP/c1-9-12(14-2)16-13(18-17-9)15-10-5-7-11(8-6-10)20(3,4)19/h5-8H,1-4H3,(H,15,16,18). The van der Waals surface area contributed by atoms with Crippen LogP contribution in [0.15, 0.2) is 24.3 Å². The van der Waals surface area contributed by atoms with Crippen LogP contribution in [0.1, 0.15) is 5.69 Å². The van der Waals surface area contributed by atoms with Gasteiger partial charge in [0.15, 0.2) is 7.28 Å². The number of anilines is 2. The van der Waals surface area contributed by atoms with Gasteiger partial charge in [-0.25, -0.2) is 4.98 Å². The normalized spacial score (nSPS) is 11.2. The molecule has 0 bridgehead atoms. The highest BCUT2D eigenvalue weighted by Crippen LogP contribution is 2.34. The summed E-state index contributed by atoms with van der Waals surface area (Å²) in [6.45, 7) is 7.29. The average Bonchev–Trinajstić information content (AvgIpc) is 2.40. The maximum absolute atomic E-state index is 11.9. The minimum atomic E-state index is -2.22. The molecule has 1 N–H and O–H groups in total. The lowest BCUT2D eigenvalue weighted by molar-refractivity contribution is 0.588. The molecule has 0 atom stereocenters. The van der Waals surface area contributed by atoms with Gasteiger partial charge < -0.3 is 9.88 Å². The number of aromatic nitrogens is 3. The maximum atomic E-state index is 11.9. The predicted octanol–water partition coefficient (Wildman–Crippen LogP) is 1.55. The average molecular weight is 287 g/mol. The molecule has 0 aliphatic heterocycles. The zero-order chi connectivity index (χ0) is 14.8. The summed E-state index contributed by atoms with van der Waals surface area (Å²) in [5.41, 5.74) is 2.45. The van der Waals surface area contributed by atoms with E-state index in [1.54, 1.807) is 13.3 Å². The maximum Gasteiger partial charge on any atom is 0.246 e. The third-order valence-electron chi connectivity index (χ3n) is 2.91. The Hall–Kier alpha value is -1.68.